The highest BCUT2D eigenvalue weighted by Gasteiger charge is 2.13. The van der Waals surface area contributed by atoms with Crippen LogP contribution >= 0.6 is 0 Å². The summed E-state index contributed by atoms with van der Waals surface area (Å²) in [7, 11) is 3.13. The van der Waals surface area contributed by atoms with Gasteiger partial charge in [0.25, 0.3) is 0 Å². The van der Waals surface area contributed by atoms with Gasteiger partial charge in [0.05, 0.1) is 14.2 Å². The van der Waals surface area contributed by atoms with Crippen molar-refractivity contribution >= 4 is 0 Å². The Bertz CT molecular complexity index is 831. The maximum atomic E-state index is 12.6. The molecule has 0 unspecified atom stereocenters. The number of ether oxygens (including phenoxy) is 2. The summed E-state index contributed by atoms with van der Waals surface area (Å²) in [4.78, 5) is 4.29. The third kappa shape index (κ3) is 3.19. The Morgan fingerprint density at radius 2 is 1.96 bits per heavy atom. The average Bonchev–Trinajstić information content (AvgIpc) is 3.23. The normalized spacial score (nSPS) is 11.0. The Hall–Kier alpha value is -2.97. The van der Waals surface area contributed by atoms with E-state index in [-0.39, 0.29) is 11.5 Å². The quantitative estimate of drug-likeness (QED) is 0.749. The Morgan fingerprint density at radius 1 is 1.17 bits per heavy atom. The standard InChI is InChI=1S/C15H15F2N5O2/c1-23-11-4-3-9(7-12(11)24-2)8-13-18-14(20-19-13)10-5-6-22(21-10)15(16)17/h3-7,15H,8H2,1-2H3,(H,18,19,20). The molecule has 0 aliphatic carbocycles. The van der Waals surface area contributed by atoms with E-state index in [1.807, 2.05) is 12.1 Å². The molecule has 3 aromatic rings. The number of aromatic amines is 1. The molecule has 3 rings (SSSR count). The SMILES string of the molecule is COc1ccc(Cc2nc(-c3ccn(C(F)F)n3)n[nH]2)cc1OC. The Balaban J connectivity index is 1.78. The van der Waals surface area contributed by atoms with Crippen molar-refractivity contribution < 1.29 is 18.3 Å². The number of rotatable bonds is 6. The van der Waals surface area contributed by atoms with Crippen LogP contribution in [0.25, 0.3) is 11.5 Å². The first kappa shape index (κ1) is 15.9. The molecule has 2 aromatic heterocycles. The van der Waals surface area contributed by atoms with E-state index in [1.54, 1.807) is 20.3 Å². The zero-order valence-corrected chi connectivity index (χ0v) is 13.0. The maximum Gasteiger partial charge on any atom is 0.333 e. The van der Waals surface area contributed by atoms with Crippen LogP contribution in [0.5, 0.6) is 11.5 Å². The van der Waals surface area contributed by atoms with Gasteiger partial charge in [0, 0.05) is 12.6 Å². The third-order valence-electron chi connectivity index (χ3n) is 3.39. The van der Waals surface area contributed by atoms with Gasteiger partial charge in [0.15, 0.2) is 11.5 Å². The van der Waals surface area contributed by atoms with Crippen LogP contribution in [0.2, 0.25) is 0 Å². The number of halogens is 2. The molecule has 7 nitrogen and oxygen atoms in total. The second kappa shape index (κ2) is 6.65. The summed E-state index contributed by atoms with van der Waals surface area (Å²) < 4.78 is 36.1. The Kier molecular flexibility index (Phi) is 4.41. The van der Waals surface area contributed by atoms with Crippen LogP contribution in [-0.4, -0.2) is 39.2 Å². The summed E-state index contributed by atoms with van der Waals surface area (Å²) in [6.07, 6.45) is 1.66. The van der Waals surface area contributed by atoms with Crippen molar-refractivity contribution in [1.29, 1.82) is 0 Å². The molecule has 2 heterocycles. The lowest BCUT2D eigenvalue weighted by Gasteiger charge is -2.08. The highest BCUT2D eigenvalue weighted by Crippen LogP contribution is 2.28. The second-order valence-electron chi connectivity index (χ2n) is 4.93. The molecule has 0 radical (unpaired) electrons. The summed E-state index contributed by atoms with van der Waals surface area (Å²) in [5.74, 6) is 2.11. The first-order chi connectivity index (χ1) is 11.6. The number of methoxy groups -OCH3 is 2. The van der Waals surface area contributed by atoms with Gasteiger partial charge in [-0.05, 0) is 23.8 Å². The van der Waals surface area contributed by atoms with Crippen LogP contribution in [-0.2, 0) is 6.42 Å². The van der Waals surface area contributed by atoms with E-state index in [4.69, 9.17) is 9.47 Å². The summed E-state index contributed by atoms with van der Waals surface area (Å²) >= 11 is 0. The smallest absolute Gasteiger partial charge is 0.333 e. The lowest BCUT2D eigenvalue weighted by Crippen LogP contribution is -1.98. The Labute approximate surface area is 136 Å². The lowest BCUT2D eigenvalue weighted by molar-refractivity contribution is 0.0568. The minimum Gasteiger partial charge on any atom is -0.493 e. The molecule has 0 saturated heterocycles. The number of nitrogens with zero attached hydrogens (tertiary/aromatic N) is 4. The number of nitrogens with one attached hydrogen (secondary N) is 1. The number of aromatic nitrogens is 5. The van der Waals surface area contributed by atoms with E-state index < -0.39 is 6.55 Å². The van der Waals surface area contributed by atoms with Crippen molar-refractivity contribution in [1.82, 2.24) is 25.0 Å². The van der Waals surface area contributed by atoms with Crippen molar-refractivity contribution in [2.75, 3.05) is 14.2 Å². The number of benzene rings is 1. The zero-order valence-electron chi connectivity index (χ0n) is 13.0. The molecule has 0 fully saturated rings. The first-order valence-corrected chi connectivity index (χ1v) is 7.06. The molecule has 0 saturated carbocycles. The van der Waals surface area contributed by atoms with Gasteiger partial charge in [0.1, 0.15) is 11.5 Å². The monoisotopic (exact) mass is 335 g/mol. The van der Waals surface area contributed by atoms with Crippen molar-refractivity contribution in [3.05, 3.63) is 41.9 Å². The second-order valence-corrected chi connectivity index (χ2v) is 4.93. The molecule has 0 aliphatic rings. The van der Waals surface area contributed by atoms with Crippen LogP contribution in [0.4, 0.5) is 8.78 Å². The minimum atomic E-state index is -2.69. The van der Waals surface area contributed by atoms with Gasteiger partial charge in [-0.15, -0.1) is 0 Å². The predicted molar refractivity (Wildman–Crippen MR) is 81.2 cm³/mol. The molecule has 0 amide bonds. The van der Waals surface area contributed by atoms with Crippen LogP contribution in [0.15, 0.2) is 30.5 Å². The number of hydrogen-bond acceptors (Lipinski definition) is 5. The van der Waals surface area contributed by atoms with Gasteiger partial charge in [-0.2, -0.15) is 19.0 Å². The highest BCUT2D eigenvalue weighted by molar-refractivity contribution is 5.48. The molecule has 1 aromatic carbocycles. The van der Waals surface area contributed by atoms with Crippen LogP contribution in [0, 0.1) is 0 Å². The molecule has 24 heavy (non-hydrogen) atoms. The molecular formula is C15H15F2N5O2. The van der Waals surface area contributed by atoms with Gasteiger partial charge in [-0.25, -0.2) is 9.67 Å². The Morgan fingerprint density at radius 3 is 2.62 bits per heavy atom. The van der Waals surface area contributed by atoms with Crippen molar-refractivity contribution in [2.24, 2.45) is 0 Å². The highest BCUT2D eigenvalue weighted by atomic mass is 19.3. The van der Waals surface area contributed by atoms with E-state index >= 15 is 0 Å². The van der Waals surface area contributed by atoms with Crippen molar-refractivity contribution in [3.63, 3.8) is 0 Å². The maximum absolute atomic E-state index is 12.6. The molecule has 0 atom stereocenters. The minimum absolute atomic E-state index is 0.268. The molecular weight excluding hydrogens is 320 g/mol. The predicted octanol–water partition coefficient (Wildman–Crippen LogP) is 2.67. The lowest BCUT2D eigenvalue weighted by atomic mass is 10.1. The molecule has 0 bridgehead atoms. The average molecular weight is 335 g/mol. The van der Waals surface area contributed by atoms with E-state index in [0.29, 0.717) is 28.4 Å². The molecule has 0 spiro atoms. The number of alkyl halides is 2. The van der Waals surface area contributed by atoms with Crippen molar-refractivity contribution in [2.45, 2.75) is 13.0 Å². The largest absolute Gasteiger partial charge is 0.493 e. The summed E-state index contributed by atoms with van der Waals surface area (Å²) in [6.45, 7) is -2.69. The first-order valence-electron chi connectivity index (χ1n) is 7.06. The van der Waals surface area contributed by atoms with Gasteiger partial charge in [-0.1, -0.05) is 6.07 Å². The number of hydrogen-bond donors (Lipinski definition) is 1. The van der Waals surface area contributed by atoms with Gasteiger partial charge >= 0.3 is 6.55 Å². The summed E-state index contributed by atoms with van der Waals surface area (Å²) in [5, 5.41) is 10.5. The van der Waals surface area contributed by atoms with E-state index in [1.165, 1.54) is 12.3 Å². The van der Waals surface area contributed by atoms with Crippen molar-refractivity contribution in [3.8, 4) is 23.0 Å². The molecule has 1 N–H and O–H groups in total. The van der Waals surface area contributed by atoms with Crippen LogP contribution < -0.4 is 9.47 Å². The topological polar surface area (TPSA) is 77.9 Å². The van der Waals surface area contributed by atoms with Crippen LogP contribution in [0.3, 0.4) is 0 Å². The summed E-state index contributed by atoms with van der Waals surface area (Å²) in [6, 6.07) is 6.97. The molecule has 0 aliphatic heterocycles. The van der Waals surface area contributed by atoms with Gasteiger partial charge in [-0.3, -0.25) is 5.10 Å². The van der Waals surface area contributed by atoms with Gasteiger partial charge < -0.3 is 9.47 Å². The summed E-state index contributed by atoms with van der Waals surface area (Å²) in [5.41, 5.74) is 1.22. The third-order valence-corrected chi connectivity index (χ3v) is 3.39. The van der Waals surface area contributed by atoms with E-state index in [9.17, 15) is 8.78 Å². The van der Waals surface area contributed by atoms with Gasteiger partial charge in [0.2, 0.25) is 5.82 Å². The molecule has 9 heteroatoms. The fourth-order valence-corrected chi connectivity index (χ4v) is 2.24. The fourth-order valence-electron chi connectivity index (χ4n) is 2.24. The fraction of sp³-hybridized carbons (Fsp3) is 0.267. The van der Waals surface area contributed by atoms with Crippen LogP contribution in [0.1, 0.15) is 17.9 Å². The van der Waals surface area contributed by atoms with E-state index in [0.717, 1.165) is 5.56 Å². The zero-order chi connectivity index (χ0) is 17.1. The molecule has 126 valence electrons. The van der Waals surface area contributed by atoms with E-state index in [2.05, 4.69) is 20.3 Å². The number of H-pyrrole nitrogens is 1.